The van der Waals surface area contributed by atoms with Gasteiger partial charge in [0.05, 0.1) is 0 Å². The molecule has 2 rings (SSSR count). The molecule has 1 amide bonds. The highest BCUT2D eigenvalue weighted by molar-refractivity contribution is 5.97. The monoisotopic (exact) mass is 265 g/mol. The van der Waals surface area contributed by atoms with Crippen LogP contribution in [-0.2, 0) is 0 Å². The standard InChI is InChI=1S/C15H20FNO2/c1-10-5-3-6-11(9-10)17(2)15(19)14-12(16)7-4-8-13(14)18/h4,7-8,10-11,18H,3,5-6,9H2,1-2H3. The van der Waals surface area contributed by atoms with Gasteiger partial charge in [-0.05, 0) is 30.9 Å². The molecule has 104 valence electrons. The van der Waals surface area contributed by atoms with Crippen molar-refractivity contribution in [3.05, 3.63) is 29.6 Å². The first kappa shape index (κ1) is 13.8. The van der Waals surface area contributed by atoms with Gasteiger partial charge < -0.3 is 10.0 Å². The van der Waals surface area contributed by atoms with E-state index in [2.05, 4.69) is 6.92 Å². The number of carbonyl (C=O) groups excluding carboxylic acids is 1. The molecular formula is C15H20FNO2. The Labute approximate surface area is 113 Å². The Morgan fingerprint density at radius 1 is 1.42 bits per heavy atom. The van der Waals surface area contributed by atoms with E-state index >= 15 is 0 Å². The fourth-order valence-corrected chi connectivity index (χ4v) is 2.82. The molecule has 1 aliphatic rings. The zero-order valence-corrected chi connectivity index (χ0v) is 11.4. The van der Waals surface area contributed by atoms with Crippen LogP contribution in [0.4, 0.5) is 4.39 Å². The van der Waals surface area contributed by atoms with E-state index in [9.17, 15) is 14.3 Å². The number of halogens is 1. The van der Waals surface area contributed by atoms with Gasteiger partial charge in [-0.3, -0.25) is 4.79 Å². The summed E-state index contributed by atoms with van der Waals surface area (Å²) in [5.41, 5.74) is -0.219. The highest BCUT2D eigenvalue weighted by atomic mass is 19.1. The van der Waals surface area contributed by atoms with E-state index < -0.39 is 11.7 Å². The van der Waals surface area contributed by atoms with Gasteiger partial charge in [-0.1, -0.05) is 25.8 Å². The van der Waals surface area contributed by atoms with E-state index in [1.54, 1.807) is 11.9 Å². The Morgan fingerprint density at radius 3 is 2.79 bits per heavy atom. The molecule has 2 unspecified atom stereocenters. The molecule has 1 N–H and O–H groups in total. The Hall–Kier alpha value is -1.58. The molecular weight excluding hydrogens is 245 g/mol. The van der Waals surface area contributed by atoms with E-state index in [0.717, 1.165) is 19.3 Å². The third-order valence-corrected chi connectivity index (χ3v) is 3.98. The molecule has 1 aliphatic carbocycles. The number of aromatic hydroxyl groups is 1. The lowest BCUT2D eigenvalue weighted by Gasteiger charge is -2.34. The second-order valence-corrected chi connectivity index (χ2v) is 5.48. The van der Waals surface area contributed by atoms with Crippen LogP contribution in [0.2, 0.25) is 0 Å². The number of amides is 1. The van der Waals surface area contributed by atoms with Gasteiger partial charge in [-0.2, -0.15) is 0 Å². The quantitative estimate of drug-likeness (QED) is 0.892. The van der Waals surface area contributed by atoms with Gasteiger partial charge in [-0.25, -0.2) is 4.39 Å². The molecule has 0 bridgehead atoms. The molecule has 0 aromatic heterocycles. The average molecular weight is 265 g/mol. The zero-order valence-electron chi connectivity index (χ0n) is 11.4. The maximum absolute atomic E-state index is 13.7. The van der Waals surface area contributed by atoms with Crippen molar-refractivity contribution in [3.8, 4) is 5.75 Å². The predicted octanol–water partition coefficient (Wildman–Crippen LogP) is 3.18. The van der Waals surface area contributed by atoms with Gasteiger partial charge in [-0.15, -0.1) is 0 Å². The van der Waals surface area contributed by atoms with Crippen LogP contribution < -0.4 is 0 Å². The Balaban J connectivity index is 2.19. The van der Waals surface area contributed by atoms with Crippen LogP contribution in [0.5, 0.6) is 5.75 Å². The van der Waals surface area contributed by atoms with Crippen LogP contribution in [0.1, 0.15) is 43.0 Å². The maximum atomic E-state index is 13.7. The van der Waals surface area contributed by atoms with Gasteiger partial charge in [0.1, 0.15) is 17.1 Å². The lowest BCUT2D eigenvalue weighted by molar-refractivity contribution is 0.0664. The molecule has 3 nitrogen and oxygen atoms in total. The maximum Gasteiger partial charge on any atom is 0.260 e. The highest BCUT2D eigenvalue weighted by Gasteiger charge is 2.28. The summed E-state index contributed by atoms with van der Waals surface area (Å²) in [6.07, 6.45) is 4.16. The lowest BCUT2D eigenvalue weighted by Crippen LogP contribution is -2.40. The number of benzene rings is 1. The first-order valence-corrected chi connectivity index (χ1v) is 6.75. The molecule has 0 aliphatic heterocycles. The fourth-order valence-electron chi connectivity index (χ4n) is 2.82. The van der Waals surface area contributed by atoms with Crippen LogP contribution in [0.15, 0.2) is 18.2 Å². The summed E-state index contributed by atoms with van der Waals surface area (Å²) in [6.45, 7) is 2.17. The number of hydrogen-bond acceptors (Lipinski definition) is 2. The second kappa shape index (κ2) is 5.59. The number of nitrogens with zero attached hydrogens (tertiary/aromatic N) is 1. The minimum Gasteiger partial charge on any atom is -0.507 e. The van der Waals surface area contributed by atoms with E-state index in [-0.39, 0.29) is 17.4 Å². The SMILES string of the molecule is CC1CCCC(N(C)C(=O)c2c(O)cccc2F)C1. The van der Waals surface area contributed by atoms with Crippen molar-refractivity contribution in [1.29, 1.82) is 0 Å². The number of phenols is 1. The van der Waals surface area contributed by atoms with Crippen LogP contribution in [-0.4, -0.2) is 29.0 Å². The summed E-state index contributed by atoms with van der Waals surface area (Å²) in [7, 11) is 1.69. The molecule has 0 spiro atoms. The average Bonchev–Trinajstić information content (AvgIpc) is 2.37. The molecule has 1 aromatic carbocycles. The Kier molecular flexibility index (Phi) is 4.08. The van der Waals surface area contributed by atoms with Crippen LogP contribution in [0, 0.1) is 11.7 Å². The van der Waals surface area contributed by atoms with E-state index in [1.807, 2.05) is 0 Å². The Morgan fingerprint density at radius 2 is 2.16 bits per heavy atom. The molecule has 1 aromatic rings. The lowest BCUT2D eigenvalue weighted by atomic mass is 9.86. The van der Waals surface area contributed by atoms with Gasteiger partial charge in [0, 0.05) is 13.1 Å². The minimum atomic E-state index is -0.666. The smallest absolute Gasteiger partial charge is 0.260 e. The summed E-state index contributed by atoms with van der Waals surface area (Å²) in [5.74, 6) is -0.806. The number of carbonyl (C=O) groups is 1. The number of phenolic OH excluding ortho intramolecular Hbond substituents is 1. The van der Waals surface area contributed by atoms with Gasteiger partial charge in [0.15, 0.2) is 0 Å². The molecule has 1 saturated carbocycles. The van der Waals surface area contributed by atoms with Crippen LogP contribution in [0.25, 0.3) is 0 Å². The normalized spacial score (nSPS) is 23.1. The predicted molar refractivity (Wildman–Crippen MR) is 71.6 cm³/mol. The van der Waals surface area contributed by atoms with Gasteiger partial charge in [0.2, 0.25) is 0 Å². The van der Waals surface area contributed by atoms with Gasteiger partial charge >= 0.3 is 0 Å². The molecule has 1 fully saturated rings. The molecule has 4 heteroatoms. The van der Waals surface area contributed by atoms with Crippen LogP contribution >= 0.6 is 0 Å². The summed E-state index contributed by atoms with van der Waals surface area (Å²) < 4.78 is 13.7. The van der Waals surface area contributed by atoms with Crippen molar-refractivity contribution in [3.63, 3.8) is 0 Å². The highest BCUT2D eigenvalue weighted by Crippen LogP contribution is 2.29. The van der Waals surface area contributed by atoms with Crippen molar-refractivity contribution in [2.75, 3.05) is 7.05 Å². The molecule has 0 radical (unpaired) electrons. The third-order valence-electron chi connectivity index (χ3n) is 3.98. The van der Waals surface area contributed by atoms with E-state index in [4.69, 9.17) is 0 Å². The summed E-state index contributed by atoms with van der Waals surface area (Å²) in [4.78, 5) is 13.9. The largest absolute Gasteiger partial charge is 0.507 e. The topological polar surface area (TPSA) is 40.5 Å². The molecule has 19 heavy (non-hydrogen) atoms. The van der Waals surface area contributed by atoms with Crippen LogP contribution in [0.3, 0.4) is 0 Å². The number of hydrogen-bond donors (Lipinski definition) is 1. The van der Waals surface area contributed by atoms with Crippen molar-refractivity contribution in [1.82, 2.24) is 4.90 Å². The first-order chi connectivity index (χ1) is 9.00. The van der Waals surface area contributed by atoms with E-state index in [0.29, 0.717) is 5.92 Å². The minimum absolute atomic E-state index is 0.134. The Bertz CT molecular complexity index is 455. The number of rotatable bonds is 2. The van der Waals surface area contributed by atoms with E-state index in [1.165, 1.54) is 24.6 Å². The van der Waals surface area contributed by atoms with Crippen molar-refractivity contribution >= 4 is 5.91 Å². The zero-order chi connectivity index (χ0) is 14.0. The summed E-state index contributed by atoms with van der Waals surface area (Å²) in [6, 6.07) is 4.07. The third kappa shape index (κ3) is 2.88. The molecule has 2 atom stereocenters. The summed E-state index contributed by atoms with van der Waals surface area (Å²) in [5, 5.41) is 9.67. The van der Waals surface area contributed by atoms with Crippen molar-refractivity contribution in [2.24, 2.45) is 5.92 Å². The molecule has 0 heterocycles. The second-order valence-electron chi connectivity index (χ2n) is 5.48. The molecule has 0 saturated heterocycles. The van der Waals surface area contributed by atoms with Gasteiger partial charge in [0.25, 0.3) is 5.91 Å². The first-order valence-electron chi connectivity index (χ1n) is 6.75. The fraction of sp³-hybridized carbons (Fsp3) is 0.533. The summed E-state index contributed by atoms with van der Waals surface area (Å²) >= 11 is 0. The van der Waals surface area contributed by atoms with Crippen molar-refractivity contribution in [2.45, 2.75) is 38.6 Å². The van der Waals surface area contributed by atoms with Crippen molar-refractivity contribution < 1.29 is 14.3 Å².